The molecule has 0 amide bonds. The fourth-order valence-electron chi connectivity index (χ4n) is 1.59. The Labute approximate surface area is 103 Å². The molecule has 0 bridgehead atoms. The van der Waals surface area contributed by atoms with Crippen molar-refractivity contribution >= 4 is 16.9 Å². The lowest BCUT2D eigenvalue weighted by Crippen LogP contribution is -2.17. The quantitative estimate of drug-likeness (QED) is 0.777. The third kappa shape index (κ3) is 2.07. The van der Waals surface area contributed by atoms with Gasteiger partial charge in [-0.15, -0.1) is 0 Å². The number of methoxy groups -OCH3 is 1. The van der Waals surface area contributed by atoms with Gasteiger partial charge >= 0.3 is 5.97 Å². The number of carbonyl (C=O) groups excluding carboxylic acids is 1. The molecule has 18 heavy (non-hydrogen) atoms. The first-order valence-corrected chi connectivity index (χ1v) is 5.44. The van der Waals surface area contributed by atoms with E-state index in [0.29, 0.717) is 16.7 Å². The maximum Gasteiger partial charge on any atom is 0.345 e. The lowest BCUT2D eigenvalue weighted by atomic mass is 10.1. The molecule has 0 N–H and O–H groups in total. The van der Waals surface area contributed by atoms with Crippen molar-refractivity contribution in [3.63, 3.8) is 0 Å². The fraction of sp³-hybridized carbons (Fsp3) is 0.231. The summed E-state index contributed by atoms with van der Waals surface area (Å²) in [6.07, 6.45) is 1.11. The minimum absolute atomic E-state index is 0.102. The summed E-state index contributed by atoms with van der Waals surface area (Å²) in [5, 5.41) is 0.321. The van der Waals surface area contributed by atoms with Gasteiger partial charge in [0.2, 0.25) is 5.43 Å². The van der Waals surface area contributed by atoms with Gasteiger partial charge in [-0.25, -0.2) is 4.79 Å². The topological polar surface area (TPSA) is 65.7 Å². The van der Waals surface area contributed by atoms with Crippen LogP contribution in [-0.4, -0.2) is 19.7 Å². The molecule has 94 valence electrons. The maximum atomic E-state index is 12.0. The smallest absolute Gasteiger partial charge is 0.345 e. The molecular weight excluding hydrogens is 236 g/mol. The zero-order valence-corrected chi connectivity index (χ0v) is 10.1. The second-order valence-electron chi connectivity index (χ2n) is 3.56. The van der Waals surface area contributed by atoms with Gasteiger partial charge in [0.15, 0.2) is 0 Å². The standard InChI is InChI=1S/C13H12O5/c1-3-17-13(15)10-7-18-11-6-8(16-2)4-5-9(11)12(10)14/h4-7H,3H2,1-2H3. The second kappa shape index (κ2) is 4.91. The highest BCUT2D eigenvalue weighted by Gasteiger charge is 2.15. The predicted molar refractivity (Wildman–Crippen MR) is 65.0 cm³/mol. The Balaban J connectivity index is 2.58. The van der Waals surface area contributed by atoms with E-state index in [1.807, 2.05) is 0 Å². The Morgan fingerprint density at radius 1 is 1.39 bits per heavy atom. The van der Waals surface area contributed by atoms with Crippen LogP contribution in [0.1, 0.15) is 17.3 Å². The molecule has 0 saturated carbocycles. The number of benzene rings is 1. The Kier molecular flexibility index (Phi) is 3.32. The van der Waals surface area contributed by atoms with Crippen LogP contribution in [0.2, 0.25) is 0 Å². The van der Waals surface area contributed by atoms with E-state index in [1.165, 1.54) is 7.11 Å². The van der Waals surface area contributed by atoms with E-state index in [4.69, 9.17) is 13.9 Å². The zero-order valence-electron chi connectivity index (χ0n) is 10.1. The molecule has 0 spiro atoms. The van der Waals surface area contributed by atoms with Crippen molar-refractivity contribution in [2.45, 2.75) is 6.92 Å². The number of carbonyl (C=O) groups is 1. The third-order valence-corrected chi connectivity index (χ3v) is 2.48. The average molecular weight is 248 g/mol. The van der Waals surface area contributed by atoms with Crippen LogP contribution in [-0.2, 0) is 4.74 Å². The van der Waals surface area contributed by atoms with Crippen molar-refractivity contribution in [2.24, 2.45) is 0 Å². The first kappa shape index (κ1) is 12.2. The van der Waals surface area contributed by atoms with Crippen LogP contribution in [0.5, 0.6) is 5.75 Å². The molecule has 5 nitrogen and oxygen atoms in total. The molecule has 5 heteroatoms. The molecule has 0 aliphatic rings. The monoisotopic (exact) mass is 248 g/mol. The molecule has 0 atom stereocenters. The molecule has 2 aromatic rings. The molecule has 1 aromatic heterocycles. The largest absolute Gasteiger partial charge is 0.497 e. The Hall–Kier alpha value is -2.30. The Morgan fingerprint density at radius 2 is 2.17 bits per heavy atom. The van der Waals surface area contributed by atoms with Crippen LogP contribution in [0.3, 0.4) is 0 Å². The van der Waals surface area contributed by atoms with Crippen LogP contribution in [0, 0.1) is 0 Å². The first-order valence-electron chi connectivity index (χ1n) is 5.44. The van der Waals surface area contributed by atoms with Crippen LogP contribution in [0.15, 0.2) is 33.7 Å². The van der Waals surface area contributed by atoms with Gasteiger partial charge in [0, 0.05) is 6.07 Å². The molecular formula is C13H12O5. The van der Waals surface area contributed by atoms with Crippen molar-refractivity contribution in [1.82, 2.24) is 0 Å². The highest BCUT2D eigenvalue weighted by Crippen LogP contribution is 2.18. The van der Waals surface area contributed by atoms with Gasteiger partial charge in [0.05, 0.1) is 19.1 Å². The summed E-state index contributed by atoms with van der Waals surface area (Å²) in [7, 11) is 1.52. The van der Waals surface area contributed by atoms with E-state index < -0.39 is 11.4 Å². The van der Waals surface area contributed by atoms with Gasteiger partial charge in [-0.3, -0.25) is 4.79 Å². The van der Waals surface area contributed by atoms with Crippen LogP contribution in [0.4, 0.5) is 0 Å². The lowest BCUT2D eigenvalue weighted by molar-refractivity contribution is 0.0522. The highest BCUT2D eigenvalue weighted by atomic mass is 16.5. The predicted octanol–water partition coefficient (Wildman–Crippen LogP) is 1.98. The number of ether oxygens (including phenoxy) is 2. The van der Waals surface area contributed by atoms with Crippen molar-refractivity contribution in [2.75, 3.05) is 13.7 Å². The maximum absolute atomic E-state index is 12.0. The SMILES string of the molecule is CCOC(=O)c1coc2cc(OC)ccc2c1=O. The third-order valence-electron chi connectivity index (χ3n) is 2.48. The van der Waals surface area contributed by atoms with Crippen molar-refractivity contribution in [1.29, 1.82) is 0 Å². The van der Waals surface area contributed by atoms with Gasteiger partial charge < -0.3 is 13.9 Å². The van der Waals surface area contributed by atoms with Crippen LogP contribution < -0.4 is 10.2 Å². The first-order chi connectivity index (χ1) is 8.67. The van der Waals surface area contributed by atoms with Crippen molar-refractivity contribution in [3.05, 3.63) is 40.2 Å². The Morgan fingerprint density at radius 3 is 2.83 bits per heavy atom. The molecule has 0 aliphatic carbocycles. The molecule has 0 fully saturated rings. The van der Waals surface area contributed by atoms with Gasteiger partial charge in [-0.2, -0.15) is 0 Å². The summed E-state index contributed by atoms with van der Waals surface area (Å²) >= 11 is 0. The number of hydrogen-bond acceptors (Lipinski definition) is 5. The van der Waals surface area contributed by atoms with Crippen LogP contribution >= 0.6 is 0 Å². The summed E-state index contributed by atoms with van der Waals surface area (Å²) in [5.41, 5.74) is -0.140. The number of fused-ring (bicyclic) bond motifs is 1. The number of rotatable bonds is 3. The summed E-state index contributed by atoms with van der Waals surface area (Å²) in [6.45, 7) is 1.88. The molecule has 1 heterocycles. The molecule has 0 saturated heterocycles. The molecule has 1 aromatic carbocycles. The normalized spacial score (nSPS) is 10.3. The van der Waals surface area contributed by atoms with Gasteiger partial charge in [0.1, 0.15) is 23.2 Å². The van der Waals surface area contributed by atoms with E-state index in [2.05, 4.69) is 0 Å². The number of hydrogen-bond donors (Lipinski definition) is 0. The molecule has 0 aliphatic heterocycles. The summed E-state index contributed by atoms with van der Waals surface area (Å²) < 4.78 is 15.1. The van der Waals surface area contributed by atoms with E-state index in [-0.39, 0.29) is 12.2 Å². The van der Waals surface area contributed by atoms with Crippen molar-refractivity contribution in [3.8, 4) is 5.75 Å². The lowest BCUT2D eigenvalue weighted by Gasteiger charge is -2.03. The average Bonchev–Trinajstić information content (AvgIpc) is 2.38. The minimum atomic E-state index is -0.677. The summed E-state index contributed by atoms with van der Waals surface area (Å²) in [4.78, 5) is 23.6. The fourth-order valence-corrected chi connectivity index (χ4v) is 1.59. The summed E-state index contributed by atoms with van der Waals surface area (Å²) in [5.74, 6) is -0.0986. The van der Waals surface area contributed by atoms with E-state index in [0.717, 1.165) is 6.26 Å². The zero-order chi connectivity index (χ0) is 13.1. The van der Waals surface area contributed by atoms with Gasteiger partial charge in [-0.1, -0.05) is 0 Å². The molecule has 2 rings (SSSR count). The minimum Gasteiger partial charge on any atom is -0.497 e. The van der Waals surface area contributed by atoms with E-state index in [9.17, 15) is 9.59 Å². The number of esters is 1. The van der Waals surface area contributed by atoms with Crippen LogP contribution in [0.25, 0.3) is 11.0 Å². The Bertz CT molecular complexity index is 641. The summed E-state index contributed by atoms with van der Waals surface area (Å²) in [6, 6.07) is 4.78. The van der Waals surface area contributed by atoms with E-state index in [1.54, 1.807) is 25.1 Å². The van der Waals surface area contributed by atoms with E-state index >= 15 is 0 Å². The molecule has 0 radical (unpaired) electrons. The second-order valence-corrected chi connectivity index (χ2v) is 3.56. The van der Waals surface area contributed by atoms with Gasteiger partial charge in [0.25, 0.3) is 0 Å². The van der Waals surface area contributed by atoms with Gasteiger partial charge in [-0.05, 0) is 19.1 Å². The highest BCUT2D eigenvalue weighted by molar-refractivity contribution is 5.92. The van der Waals surface area contributed by atoms with Crippen molar-refractivity contribution < 1.29 is 18.7 Å². The molecule has 0 unspecified atom stereocenters.